The molecule has 0 amide bonds. The minimum absolute atomic E-state index is 0. The summed E-state index contributed by atoms with van der Waals surface area (Å²) in [5, 5.41) is 4.66. The van der Waals surface area contributed by atoms with Crippen LogP contribution in [0.5, 0.6) is 0 Å². The van der Waals surface area contributed by atoms with Crippen LogP contribution in [0.25, 0.3) is 0 Å². The smallest absolute Gasteiger partial charge is 0.0736 e. The molecule has 0 radical (unpaired) electrons. The lowest BCUT2D eigenvalue weighted by atomic mass is 10.2. The zero-order valence-electron chi connectivity index (χ0n) is 8.71. The standard InChI is InChI=1S/C11H13Cl2NO.ClH/c12-9-1-2-11(13)8(5-9)7-15-10-3-4-14-6-10;/h1-2,5,10,14H,3-4,6-7H2;1H/t10-;/m0./s1. The van der Waals surface area contributed by atoms with Crippen LogP contribution < -0.4 is 5.32 Å². The van der Waals surface area contributed by atoms with Crippen molar-refractivity contribution in [3.05, 3.63) is 33.8 Å². The van der Waals surface area contributed by atoms with E-state index in [0.717, 1.165) is 25.1 Å². The summed E-state index contributed by atoms with van der Waals surface area (Å²) in [4.78, 5) is 0. The highest BCUT2D eigenvalue weighted by Crippen LogP contribution is 2.22. The SMILES string of the molecule is Cl.Clc1ccc(Cl)c(CO[C@H]2CCNC2)c1. The predicted molar refractivity (Wildman–Crippen MR) is 69.8 cm³/mol. The molecular formula is C11H14Cl3NO. The molecule has 0 spiro atoms. The van der Waals surface area contributed by atoms with Crippen molar-refractivity contribution in [2.75, 3.05) is 13.1 Å². The van der Waals surface area contributed by atoms with E-state index in [4.69, 9.17) is 27.9 Å². The number of hydrogen-bond donors (Lipinski definition) is 1. The molecular weight excluding hydrogens is 268 g/mol. The van der Waals surface area contributed by atoms with Gasteiger partial charge in [-0.25, -0.2) is 0 Å². The first-order chi connectivity index (χ1) is 7.25. The second kappa shape index (κ2) is 6.67. The number of ether oxygens (including phenoxy) is 1. The molecule has 1 heterocycles. The van der Waals surface area contributed by atoms with Gasteiger partial charge in [-0.15, -0.1) is 12.4 Å². The van der Waals surface area contributed by atoms with Gasteiger partial charge in [0.25, 0.3) is 0 Å². The molecule has 2 nitrogen and oxygen atoms in total. The molecule has 1 aliphatic heterocycles. The maximum atomic E-state index is 6.03. The Balaban J connectivity index is 0.00000128. The monoisotopic (exact) mass is 281 g/mol. The molecule has 1 aromatic rings. The summed E-state index contributed by atoms with van der Waals surface area (Å²) in [5.41, 5.74) is 0.955. The van der Waals surface area contributed by atoms with Crippen molar-refractivity contribution < 1.29 is 4.74 Å². The zero-order chi connectivity index (χ0) is 10.7. The molecule has 1 aliphatic rings. The Hall–Kier alpha value is 0.01000. The molecule has 5 heteroatoms. The van der Waals surface area contributed by atoms with Crippen molar-refractivity contribution >= 4 is 35.6 Å². The number of hydrogen-bond acceptors (Lipinski definition) is 2. The number of rotatable bonds is 3. The summed E-state index contributed by atoms with van der Waals surface area (Å²) in [6.45, 7) is 2.50. The molecule has 1 N–H and O–H groups in total. The normalized spacial score (nSPS) is 19.5. The fourth-order valence-electron chi connectivity index (χ4n) is 1.63. The zero-order valence-corrected chi connectivity index (χ0v) is 11.0. The first-order valence-electron chi connectivity index (χ1n) is 5.02. The lowest BCUT2D eigenvalue weighted by Crippen LogP contribution is -2.16. The van der Waals surface area contributed by atoms with E-state index in [2.05, 4.69) is 5.32 Å². The third-order valence-corrected chi connectivity index (χ3v) is 3.10. The Bertz CT molecular complexity index is 340. The maximum absolute atomic E-state index is 6.03. The van der Waals surface area contributed by atoms with Crippen LogP contribution in [-0.4, -0.2) is 19.2 Å². The molecule has 1 atom stereocenters. The van der Waals surface area contributed by atoms with Gasteiger partial charge in [-0.3, -0.25) is 0 Å². The maximum Gasteiger partial charge on any atom is 0.0736 e. The Morgan fingerprint density at radius 1 is 1.38 bits per heavy atom. The second-order valence-electron chi connectivity index (χ2n) is 3.66. The molecule has 2 rings (SSSR count). The van der Waals surface area contributed by atoms with Crippen molar-refractivity contribution in [3.8, 4) is 0 Å². The topological polar surface area (TPSA) is 21.3 Å². The summed E-state index contributed by atoms with van der Waals surface area (Å²) in [6.07, 6.45) is 1.37. The van der Waals surface area contributed by atoms with Crippen LogP contribution in [0.4, 0.5) is 0 Å². The van der Waals surface area contributed by atoms with E-state index in [1.54, 1.807) is 12.1 Å². The van der Waals surface area contributed by atoms with Crippen LogP contribution >= 0.6 is 35.6 Å². The Morgan fingerprint density at radius 3 is 2.88 bits per heavy atom. The van der Waals surface area contributed by atoms with Gasteiger partial charge in [0.05, 0.1) is 12.7 Å². The average molecular weight is 283 g/mol. The van der Waals surface area contributed by atoms with Crippen LogP contribution in [-0.2, 0) is 11.3 Å². The Labute approximate surface area is 112 Å². The van der Waals surface area contributed by atoms with E-state index in [9.17, 15) is 0 Å². The molecule has 0 bridgehead atoms. The quantitative estimate of drug-likeness (QED) is 0.918. The largest absolute Gasteiger partial charge is 0.372 e. The minimum atomic E-state index is 0. The van der Waals surface area contributed by atoms with Crippen LogP contribution in [0, 0.1) is 0 Å². The van der Waals surface area contributed by atoms with Crippen molar-refractivity contribution in [2.24, 2.45) is 0 Å². The summed E-state index contributed by atoms with van der Waals surface area (Å²) in [5.74, 6) is 0. The molecule has 16 heavy (non-hydrogen) atoms. The van der Waals surface area contributed by atoms with Crippen molar-refractivity contribution in [1.82, 2.24) is 5.32 Å². The predicted octanol–water partition coefficient (Wildman–Crippen LogP) is 3.29. The fraction of sp³-hybridized carbons (Fsp3) is 0.455. The van der Waals surface area contributed by atoms with Gasteiger partial charge in [0.2, 0.25) is 0 Å². The summed E-state index contributed by atoms with van der Waals surface area (Å²) >= 11 is 11.9. The second-order valence-corrected chi connectivity index (χ2v) is 4.51. The molecule has 1 aromatic carbocycles. The molecule has 0 aliphatic carbocycles. The molecule has 1 fully saturated rings. The van der Waals surface area contributed by atoms with E-state index < -0.39 is 0 Å². The van der Waals surface area contributed by atoms with E-state index in [1.165, 1.54) is 0 Å². The van der Waals surface area contributed by atoms with Gasteiger partial charge >= 0.3 is 0 Å². The number of benzene rings is 1. The third-order valence-electron chi connectivity index (χ3n) is 2.50. The minimum Gasteiger partial charge on any atom is -0.372 e. The van der Waals surface area contributed by atoms with Crippen LogP contribution in [0.1, 0.15) is 12.0 Å². The number of nitrogens with one attached hydrogen (secondary N) is 1. The summed E-state index contributed by atoms with van der Waals surface area (Å²) < 4.78 is 5.72. The first kappa shape index (κ1) is 14.1. The van der Waals surface area contributed by atoms with E-state index in [-0.39, 0.29) is 12.4 Å². The van der Waals surface area contributed by atoms with E-state index in [0.29, 0.717) is 22.8 Å². The highest BCUT2D eigenvalue weighted by atomic mass is 35.5. The molecule has 0 saturated carbocycles. The molecule has 90 valence electrons. The highest BCUT2D eigenvalue weighted by Gasteiger charge is 2.15. The van der Waals surface area contributed by atoms with Crippen LogP contribution in [0.3, 0.4) is 0 Å². The Kier molecular flexibility index (Phi) is 5.87. The van der Waals surface area contributed by atoms with Gasteiger partial charge in [0, 0.05) is 16.6 Å². The van der Waals surface area contributed by atoms with Gasteiger partial charge < -0.3 is 10.1 Å². The van der Waals surface area contributed by atoms with Crippen LogP contribution in [0.15, 0.2) is 18.2 Å². The van der Waals surface area contributed by atoms with Crippen LogP contribution in [0.2, 0.25) is 10.0 Å². The van der Waals surface area contributed by atoms with E-state index >= 15 is 0 Å². The molecule has 1 saturated heterocycles. The van der Waals surface area contributed by atoms with Crippen molar-refractivity contribution in [1.29, 1.82) is 0 Å². The van der Waals surface area contributed by atoms with Gasteiger partial charge in [-0.1, -0.05) is 23.2 Å². The lowest BCUT2D eigenvalue weighted by molar-refractivity contribution is 0.0543. The lowest BCUT2D eigenvalue weighted by Gasteiger charge is -2.11. The van der Waals surface area contributed by atoms with Gasteiger partial charge in [-0.05, 0) is 36.7 Å². The fourth-order valence-corrected chi connectivity index (χ4v) is 2.00. The Morgan fingerprint density at radius 2 is 2.19 bits per heavy atom. The molecule has 0 unspecified atom stereocenters. The van der Waals surface area contributed by atoms with Gasteiger partial charge in [-0.2, -0.15) is 0 Å². The average Bonchev–Trinajstić information content (AvgIpc) is 2.72. The summed E-state index contributed by atoms with van der Waals surface area (Å²) in [7, 11) is 0. The summed E-state index contributed by atoms with van der Waals surface area (Å²) in [6, 6.07) is 5.44. The van der Waals surface area contributed by atoms with Crippen molar-refractivity contribution in [2.45, 2.75) is 19.1 Å². The highest BCUT2D eigenvalue weighted by molar-refractivity contribution is 6.33. The molecule has 0 aromatic heterocycles. The first-order valence-corrected chi connectivity index (χ1v) is 5.77. The van der Waals surface area contributed by atoms with Crippen molar-refractivity contribution in [3.63, 3.8) is 0 Å². The van der Waals surface area contributed by atoms with Gasteiger partial charge in [0.1, 0.15) is 0 Å². The number of halogens is 3. The third kappa shape index (κ3) is 3.79. The van der Waals surface area contributed by atoms with Gasteiger partial charge in [0.15, 0.2) is 0 Å². The van der Waals surface area contributed by atoms with E-state index in [1.807, 2.05) is 6.07 Å².